The molecule has 35 heavy (non-hydrogen) atoms. The molecule has 0 N–H and O–H groups in total. The SMILES string of the molecule is Cc1cccc(-n2c3ccccc3c3ccc4c(nc5c6ccccc6c6ccccc6n45)c32)c1. The summed E-state index contributed by atoms with van der Waals surface area (Å²) in [4.78, 5) is 5.37. The van der Waals surface area contributed by atoms with Crippen molar-refractivity contribution < 1.29 is 0 Å². The fourth-order valence-electron chi connectivity index (χ4n) is 5.86. The topological polar surface area (TPSA) is 22.2 Å². The summed E-state index contributed by atoms with van der Waals surface area (Å²) in [6, 6.07) is 39.2. The van der Waals surface area contributed by atoms with Gasteiger partial charge in [-0.3, -0.25) is 4.40 Å². The molecule has 0 saturated heterocycles. The van der Waals surface area contributed by atoms with Gasteiger partial charge in [0, 0.05) is 27.2 Å². The lowest BCUT2D eigenvalue weighted by Crippen LogP contribution is -1.95. The lowest BCUT2D eigenvalue weighted by atomic mass is 10.1. The second-order valence-electron chi connectivity index (χ2n) is 9.35. The van der Waals surface area contributed by atoms with Crippen LogP contribution in [-0.2, 0) is 0 Å². The number of para-hydroxylation sites is 2. The van der Waals surface area contributed by atoms with E-state index >= 15 is 0 Å². The van der Waals surface area contributed by atoms with E-state index in [9.17, 15) is 0 Å². The van der Waals surface area contributed by atoms with Crippen LogP contribution < -0.4 is 0 Å². The molecule has 0 radical (unpaired) electrons. The molecular weight excluding hydrogens is 426 g/mol. The van der Waals surface area contributed by atoms with Gasteiger partial charge in [0.1, 0.15) is 11.2 Å². The molecule has 0 aliphatic heterocycles. The van der Waals surface area contributed by atoms with Gasteiger partial charge in [-0.25, -0.2) is 4.98 Å². The van der Waals surface area contributed by atoms with Crippen LogP contribution in [-0.4, -0.2) is 14.0 Å². The Bertz CT molecular complexity index is 2120. The Morgan fingerprint density at radius 3 is 2.03 bits per heavy atom. The molecule has 5 aromatic carbocycles. The maximum absolute atomic E-state index is 5.37. The minimum absolute atomic E-state index is 1.00. The van der Waals surface area contributed by atoms with E-state index in [0.717, 1.165) is 27.9 Å². The van der Waals surface area contributed by atoms with Gasteiger partial charge in [-0.05, 0) is 54.3 Å². The van der Waals surface area contributed by atoms with E-state index in [-0.39, 0.29) is 0 Å². The summed E-state index contributed by atoms with van der Waals surface area (Å²) in [7, 11) is 0. The standard InChI is InChI=1S/C32H21N3/c1-20-9-8-10-21(19-20)34-27-15-6-5-13-24(27)25-17-18-29-30(31(25)34)33-32-26-14-3-2-11-22(26)23-12-4-7-16-28(23)35(29)32/h2-19H,1H3. The molecule has 8 aromatic rings. The van der Waals surface area contributed by atoms with E-state index in [2.05, 4.69) is 125 Å². The third-order valence-electron chi connectivity index (χ3n) is 7.32. The van der Waals surface area contributed by atoms with Gasteiger partial charge in [-0.1, -0.05) is 72.8 Å². The van der Waals surface area contributed by atoms with Crippen molar-refractivity contribution in [2.24, 2.45) is 0 Å². The van der Waals surface area contributed by atoms with E-state index < -0.39 is 0 Å². The average Bonchev–Trinajstić information content (AvgIpc) is 3.45. The van der Waals surface area contributed by atoms with Gasteiger partial charge in [0.2, 0.25) is 0 Å². The lowest BCUT2D eigenvalue weighted by Gasteiger charge is -2.09. The Labute approximate surface area is 201 Å². The fraction of sp³-hybridized carbons (Fsp3) is 0.0312. The van der Waals surface area contributed by atoms with Gasteiger partial charge in [0.25, 0.3) is 0 Å². The first-order chi connectivity index (χ1) is 17.3. The van der Waals surface area contributed by atoms with E-state index in [1.54, 1.807) is 0 Å². The number of hydrogen-bond donors (Lipinski definition) is 0. The van der Waals surface area contributed by atoms with Crippen molar-refractivity contribution in [3.8, 4) is 5.69 Å². The summed E-state index contributed by atoms with van der Waals surface area (Å²) in [5.41, 5.74) is 9.11. The van der Waals surface area contributed by atoms with Crippen molar-refractivity contribution >= 4 is 60.2 Å². The molecular formula is C32H21N3. The van der Waals surface area contributed by atoms with Gasteiger partial charge in [-0.15, -0.1) is 0 Å². The van der Waals surface area contributed by atoms with Crippen LogP contribution >= 0.6 is 0 Å². The average molecular weight is 448 g/mol. The number of rotatable bonds is 1. The first kappa shape index (κ1) is 18.8. The molecule has 8 rings (SSSR count). The highest BCUT2D eigenvalue weighted by molar-refractivity contribution is 6.20. The predicted molar refractivity (Wildman–Crippen MR) is 147 cm³/mol. The monoisotopic (exact) mass is 447 g/mol. The largest absolute Gasteiger partial charge is 0.307 e. The minimum atomic E-state index is 1.00. The van der Waals surface area contributed by atoms with Gasteiger partial charge < -0.3 is 4.57 Å². The fourth-order valence-corrected chi connectivity index (χ4v) is 5.86. The lowest BCUT2D eigenvalue weighted by molar-refractivity contribution is 1.17. The highest BCUT2D eigenvalue weighted by Gasteiger charge is 2.20. The second-order valence-corrected chi connectivity index (χ2v) is 9.35. The molecule has 3 heterocycles. The number of fused-ring (bicyclic) bond motifs is 12. The number of aryl methyl sites for hydroxylation is 1. The smallest absolute Gasteiger partial charge is 0.146 e. The van der Waals surface area contributed by atoms with Gasteiger partial charge in [-0.2, -0.15) is 0 Å². The molecule has 0 spiro atoms. The number of pyridine rings is 1. The zero-order chi connectivity index (χ0) is 23.1. The number of hydrogen-bond acceptors (Lipinski definition) is 1. The van der Waals surface area contributed by atoms with Gasteiger partial charge in [0.15, 0.2) is 0 Å². The predicted octanol–water partition coefficient (Wildman–Crippen LogP) is 8.20. The van der Waals surface area contributed by atoms with Crippen molar-refractivity contribution in [1.29, 1.82) is 0 Å². The number of nitrogens with zero attached hydrogens (tertiary/aromatic N) is 3. The molecule has 3 heteroatoms. The molecule has 0 atom stereocenters. The normalized spacial score (nSPS) is 12.1. The zero-order valence-corrected chi connectivity index (χ0v) is 19.2. The first-order valence-electron chi connectivity index (χ1n) is 12.0. The maximum Gasteiger partial charge on any atom is 0.146 e. The van der Waals surface area contributed by atoms with Gasteiger partial charge >= 0.3 is 0 Å². The summed E-state index contributed by atoms with van der Waals surface area (Å²) in [5, 5.41) is 6.13. The van der Waals surface area contributed by atoms with E-state index in [0.29, 0.717) is 0 Å². The summed E-state index contributed by atoms with van der Waals surface area (Å²) < 4.78 is 4.72. The van der Waals surface area contributed by atoms with Crippen molar-refractivity contribution in [2.45, 2.75) is 6.92 Å². The summed E-state index contributed by atoms with van der Waals surface area (Å²) in [5.74, 6) is 0. The van der Waals surface area contributed by atoms with Gasteiger partial charge in [0.05, 0.1) is 22.1 Å². The summed E-state index contributed by atoms with van der Waals surface area (Å²) in [6.45, 7) is 2.15. The molecule has 0 unspecified atom stereocenters. The summed E-state index contributed by atoms with van der Waals surface area (Å²) >= 11 is 0. The molecule has 0 aliphatic rings. The highest BCUT2D eigenvalue weighted by atomic mass is 15.1. The molecule has 0 bridgehead atoms. The van der Waals surface area contributed by atoms with Crippen LogP contribution in [0.5, 0.6) is 0 Å². The van der Waals surface area contributed by atoms with Crippen LogP contribution in [0, 0.1) is 6.92 Å². The number of aromatic nitrogens is 3. The molecule has 0 fully saturated rings. The summed E-state index contributed by atoms with van der Waals surface area (Å²) in [6.07, 6.45) is 0. The second kappa shape index (κ2) is 6.71. The van der Waals surface area contributed by atoms with E-state index in [4.69, 9.17) is 4.98 Å². The van der Waals surface area contributed by atoms with E-state index in [1.165, 1.54) is 43.5 Å². The first-order valence-corrected chi connectivity index (χ1v) is 12.0. The Hall–Kier alpha value is -4.63. The van der Waals surface area contributed by atoms with Crippen LogP contribution in [0.2, 0.25) is 0 Å². The Morgan fingerprint density at radius 2 is 1.23 bits per heavy atom. The van der Waals surface area contributed by atoms with Crippen molar-refractivity contribution in [3.63, 3.8) is 0 Å². The van der Waals surface area contributed by atoms with Crippen LogP contribution in [0.25, 0.3) is 65.8 Å². The Balaban J connectivity index is 1.67. The van der Waals surface area contributed by atoms with Crippen molar-refractivity contribution in [1.82, 2.24) is 14.0 Å². The number of benzene rings is 5. The zero-order valence-electron chi connectivity index (χ0n) is 19.2. The highest BCUT2D eigenvalue weighted by Crippen LogP contribution is 2.39. The molecule has 164 valence electrons. The quantitative estimate of drug-likeness (QED) is 0.232. The molecule has 3 nitrogen and oxygen atoms in total. The molecule has 0 saturated carbocycles. The van der Waals surface area contributed by atoms with Crippen LogP contribution in [0.1, 0.15) is 5.56 Å². The van der Waals surface area contributed by atoms with Crippen LogP contribution in [0.15, 0.2) is 109 Å². The third kappa shape index (κ3) is 2.42. The van der Waals surface area contributed by atoms with Crippen LogP contribution in [0.4, 0.5) is 0 Å². The minimum Gasteiger partial charge on any atom is -0.307 e. The molecule has 0 aliphatic carbocycles. The molecule has 3 aromatic heterocycles. The van der Waals surface area contributed by atoms with Crippen LogP contribution in [0.3, 0.4) is 0 Å². The van der Waals surface area contributed by atoms with Crippen molar-refractivity contribution in [3.05, 3.63) is 115 Å². The Morgan fingerprint density at radius 1 is 0.543 bits per heavy atom. The number of imidazole rings is 1. The Kier molecular flexibility index (Phi) is 3.59. The van der Waals surface area contributed by atoms with E-state index in [1.807, 2.05) is 0 Å². The third-order valence-corrected chi connectivity index (χ3v) is 7.32. The maximum atomic E-state index is 5.37. The molecule has 0 amide bonds. The van der Waals surface area contributed by atoms with Crippen molar-refractivity contribution in [2.75, 3.05) is 0 Å².